The number of hydrogen-bond donors (Lipinski definition) is 4. The maximum atomic E-state index is 11.2. The van der Waals surface area contributed by atoms with Gasteiger partial charge in [0.05, 0.1) is 6.42 Å². The van der Waals surface area contributed by atoms with Crippen LogP contribution in [0.5, 0.6) is 0 Å². The second kappa shape index (κ2) is 8.73. The molecule has 0 saturated heterocycles. The van der Waals surface area contributed by atoms with Crippen molar-refractivity contribution in [1.29, 1.82) is 0 Å². The van der Waals surface area contributed by atoms with Gasteiger partial charge in [0.1, 0.15) is 5.82 Å². The quantitative estimate of drug-likeness (QED) is 0.517. The molecule has 0 unspecified atom stereocenters. The molecule has 1 heterocycles. The van der Waals surface area contributed by atoms with Crippen molar-refractivity contribution in [3.8, 4) is 0 Å². The maximum Gasteiger partial charge on any atom is 0.314 e. The highest BCUT2D eigenvalue weighted by atomic mass is 16.4. The molecule has 0 bridgehead atoms. The number of nitrogens with one attached hydrogen (secondary N) is 3. The minimum Gasteiger partial charge on any atom is -0.481 e. The molecule has 0 aliphatic rings. The van der Waals surface area contributed by atoms with E-state index in [2.05, 4.69) is 20.9 Å². The SMILES string of the molecule is O=C(O)CCNC(=O)NCCCNc1ccccn1. The van der Waals surface area contributed by atoms with Crippen LogP contribution in [0.1, 0.15) is 12.8 Å². The third kappa shape index (κ3) is 7.58. The number of hydrogen-bond acceptors (Lipinski definition) is 4. The first-order valence-electron chi connectivity index (χ1n) is 6.07. The van der Waals surface area contributed by atoms with E-state index in [4.69, 9.17) is 5.11 Å². The van der Waals surface area contributed by atoms with Crippen LogP contribution in [-0.4, -0.2) is 41.7 Å². The van der Waals surface area contributed by atoms with Crippen LogP contribution in [0.3, 0.4) is 0 Å². The molecule has 1 rings (SSSR count). The number of rotatable bonds is 8. The van der Waals surface area contributed by atoms with Crippen LogP contribution in [0.15, 0.2) is 24.4 Å². The van der Waals surface area contributed by atoms with Crippen LogP contribution in [0.4, 0.5) is 10.6 Å². The number of carboxylic acid groups (broad SMARTS) is 1. The monoisotopic (exact) mass is 266 g/mol. The van der Waals surface area contributed by atoms with Crippen molar-refractivity contribution in [2.24, 2.45) is 0 Å². The molecular formula is C12H18N4O3. The van der Waals surface area contributed by atoms with Gasteiger partial charge in [0, 0.05) is 25.8 Å². The van der Waals surface area contributed by atoms with E-state index >= 15 is 0 Å². The number of carbonyl (C=O) groups excluding carboxylic acids is 1. The topological polar surface area (TPSA) is 103 Å². The summed E-state index contributed by atoms with van der Waals surface area (Å²) in [6, 6.07) is 5.25. The second-order valence-electron chi connectivity index (χ2n) is 3.82. The van der Waals surface area contributed by atoms with Gasteiger partial charge in [0.2, 0.25) is 0 Å². The van der Waals surface area contributed by atoms with Gasteiger partial charge in [-0.2, -0.15) is 0 Å². The molecule has 19 heavy (non-hydrogen) atoms. The zero-order valence-electron chi connectivity index (χ0n) is 10.6. The number of aromatic nitrogens is 1. The Morgan fingerprint density at radius 2 is 1.95 bits per heavy atom. The Labute approximate surface area is 111 Å². The molecule has 1 aromatic rings. The fourth-order valence-electron chi connectivity index (χ4n) is 1.32. The first-order valence-corrected chi connectivity index (χ1v) is 6.07. The summed E-state index contributed by atoms with van der Waals surface area (Å²) in [6.07, 6.45) is 2.38. The van der Waals surface area contributed by atoms with Crippen LogP contribution in [-0.2, 0) is 4.79 Å². The van der Waals surface area contributed by atoms with Crippen LogP contribution in [0.25, 0.3) is 0 Å². The van der Waals surface area contributed by atoms with E-state index in [1.807, 2.05) is 18.2 Å². The molecule has 0 fully saturated rings. The highest BCUT2D eigenvalue weighted by molar-refractivity contribution is 5.74. The smallest absolute Gasteiger partial charge is 0.314 e. The minimum absolute atomic E-state index is 0.0747. The van der Waals surface area contributed by atoms with Gasteiger partial charge in [-0.3, -0.25) is 4.79 Å². The number of pyridine rings is 1. The molecule has 7 nitrogen and oxygen atoms in total. The zero-order chi connectivity index (χ0) is 13.9. The maximum absolute atomic E-state index is 11.2. The van der Waals surface area contributed by atoms with Crippen LogP contribution < -0.4 is 16.0 Å². The minimum atomic E-state index is -0.931. The molecule has 0 spiro atoms. The molecule has 2 amide bonds. The third-order valence-electron chi connectivity index (χ3n) is 2.23. The molecule has 4 N–H and O–H groups in total. The summed E-state index contributed by atoms with van der Waals surface area (Å²) in [7, 11) is 0. The lowest BCUT2D eigenvalue weighted by molar-refractivity contribution is -0.136. The Morgan fingerprint density at radius 1 is 1.16 bits per heavy atom. The largest absolute Gasteiger partial charge is 0.481 e. The molecule has 0 atom stereocenters. The van der Waals surface area contributed by atoms with Gasteiger partial charge in [-0.05, 0) is 18.6 Å². The van der Waals surface area contributed by atoms with Crippen molar-refractivity contribution in [1.82, 2.24) is 15.6 Å². The van der Waals surface area contributed by atoms with Gasteiger partial charge < -0.3 is 21.1 Å². The number of urea groups is 1. The van der Waals surface area contributed by atoms with E-state index in [9.17, 15) is 9.59 Å². The Bertz CT molecular complexity index is 397. The van der Waals surface area contributed by atoms with Crippen molar-refractivity contribution < 1.29 is 14.7 Å². The summed E-state index contributed by atoms with van der Waals surface area (Å²) in [5.41, 5.74) is 0. The summed E-state index contributed by atoms with van der Waals surface area (Å²) in [6.45, 7) is 1.35. The predicted molar refractivity (Wildman–Crippen MR) is 71.0 cm³/mol. The van der Waals surface area contributed by atoms with Gasteiger partial charge in [-0.15, -0.1) is 0 Å². The predicted octanol–water partition coefficient (Wildman–Crippen LogP) is 0.657. The van der Waals surface area contributed by atoms with Gasteiger partial charge in [-0.1, -0.05) is 6.07 Å². The Morgan fingerprint density at radius 3 is 2.63 bits per heavy atom. The molecule has 0 aliphatic heterocycles. The number of amides is 2. The fourth-order valence-corrected chi connectivity index (χ4v) is 1.32. The van der Waals surface area contributed by atoms with Crippen LogP contribution in [0.2, 0.25) is 0 Å². The Hall–Kier alpha value is -2.31. The summed E-state index contributed by atoms with van der Waals surface area (Å²) >= 11 is 0. The summed E-state index contributed by atoms with van der Waals surface area (Å²) in [5.74, 6) is -0.131. The third-order valence-corrected chi connectivity index (χ3v) is 2.23. The lowest BCUT2D eigenvalue weighted by Crippen LogP contribution is -2.37. The number of nitrogens with zero attached hydrogens (tertiary/aromatic N) is 1. The van der Waals surface area contributed by atoms with E-state index in [-0.39, 0.29) is 19.0 Å². The van der Waals surface area contributed by atoms with Crippen molar-refractivity contribution in [3.05, 3.63) is 24.4 Å². The van der Waals surface area contributed by atoms with Crippen molar-refractivity contribution in [2.75, 3.05) is 25.0 Å². The van der Waals surface area contributed by atoms with E-state index in [0.717, 1.165) is 12.2 Å². The fraction of sp³-hybridized carbons (Fsp3) is 0.417. The molecule has 7 heteroatoms. The van der Waals surface area contributed by atoms with Gasteiger partial charge in [0.15, 0.2) is 0 Å². The average Bonchev–Trinajstić information content (AvgIpc) is 2.39. The number of carbonyl (C=O) groups is 2. The first-order chi connectivity index (χ1) is 9.18. The molecule has 0 aromatic carbocycles. The number of carboxylic acids is 1. The summed E-state index contributed by atoms with van der Waals surface area (Å²) in [4.78, 5) is 25.5. The molecule has 0 aliphatic carbocycles. The van der Waals surface area contributed by atoms with Crippen molar-refractivity contribution in [3.63, 3.8) is 0 Å². The van der Waals surface area contributed by atoms with E-state index in [1.165, 1.54) is 0 Å². The lowest BCUT2D eigenvalue weighted by atomic mass is 10.4. The van der Waals surface area contributed by atoms with E-state index < -0.39 is 5.97 Å². The van der Waals surface area contributed by atoms with Crippen molar-refractivity contribution >= 4 is 17.8 Å². The Balaban J connectivity index is 1.98. The van der Waals surface area contributed by atoms with E-state index in [1.54, 1.807) is 6.20 Å². The van der Waals surface area contributed by atoms with Gasteiger partial charge >= 0.3 is 12.0 Å². The number of anilines is 1. The van der Waals surface area contributed by atoms with E-state index in [0.29, 0.717) is 13.1 Å². The molecule has 1 aromatic heterocycles. The molecule has 0 saturated carbocycles. The van der Waals surface area contributed by atoms with Crippen LogP contribution in [0, 0.1) is 0 Å². The number of aliphatic carboxylic acids is 1. The first kappa shape index (κ1) is 14.7. The normalized spacial score (nSPS) is 9.68. The second-order valence-corrected chi connectivity index (χ2v) is 3.82. The lowest BCUT2D eigenvalue weighted by Gasteiger charge is -2.07. The van der Waals surface area contributed by atoms with Crippen molar-refractivity contribution in [2.45, 2.75) is 12.8 Å². The summed E-state index contributed by atoms with van der Waals surface area (Å²) < 4.78 is 0. The molecular weight excluding hydrogens is 248 g/mol. The molecule has 0 radical (unpaired) electrons. The zero-order valence-corrected chi connectivity index (χ0v) is 10.6. The summed E-state index contributed by atoms with van der Waals surface area (Å²) in [5, 5.41) is 16.6. The highest BCUT2D eigenvalue weighted by Gasteiger charge is 2.00. The molecule has 104 valence electrons. The standard InChI is InChI=1S/C12H18N4O3/c17-11(18)5-9-16-12(19)15-8-3-7-14-10-4-1-2-6-13-10/h1-2,4,6H,3,5,7-9H2,(H,13,14)(H,17,18)(H2,15,16,19). The average molecular weight is 266 g/mol. The van der Waals surface area contributed by atoms with Crippen LogP contribution >= 0.6 is 0 Å². The van der Waals surface area contributed by atoms with Gasteiger partial charge in [0.25, 0.3) is 0 Å². The Kier molecular flexibility index (Phi) is 6.78. The highest BCUT2D eigenvalue weighted by Crippen LogP contribution is 1.98. The van der Waals surface area contributed by atoms with Gasteiger partial charge in [-0.25, -0.2) is 9.78 Å².